The fourth-order valence-corrected chi connectivity index (χ4v) is 4.30. The van der Waals surface area contributed by atoms with Crippen LogP contribution in [0.5, 0.6) is 0 Å². The molecule has 1 saturated heterocycles. The van der Waals surface area contributed by atoms with E-state index < -0.39 is 28.7 Å². The Morgan fingerprint density at radius 1 is 1.43 bits per heavy atom. The number of alkyl halides is 3. The van der Waals surface area contributed by atoms with Gasteiger partial charge >= 0.3 is 6.18 Å². The molecule has 5 nitrogen and oxygen atoms in total. The van der Waals surface area contributed by atoms with E-state index in [2.05, 4.69) is 20.9 Å². The maximum atomic E-state index is 12.8. The Balaban J connectivity index is 2.33. The van der Waals surface area contributed by atoms with Gasteiger partial charge in [0.1, 0.15) is 10.7 Å². The SMILES string of the molecule is Nc1ncc(Br)cc1S(=O)(=O)N1CCCC(C(F)(F)F)C1. The van der Waals surface area contributed by atoms with Gasteiger partial charge in [-0.3, -0.25) is 0 Å². The number of hydrogen-bond donors (Lipinski definition) is 1. The maximum absolute atomic E-state index is 12.8. The zero-order valence-electron chi connectivity index (χ0n) is 10.8. The van der Waals surface area contributed by atoms with Crippen molar-refractivity contribution in [1.82, 2.24) is 9.29 Å². The Morgan fingerprint density at radius 3 is 2.71 bits per heavy atom. The third-order valence-electron chi connectivity index (χ3n) is 3.31. The Hall–Kier alpha value is -0.870. The van der Waals surface area contributed by atoms with Gasteiger partial charge < -0.3 is 5.73 Å². The Kier molecular flexibility index (Phi) is 4.50. The first kappa shape index (κ1) is 16.5. The maximum Gasteiger partial charge on any atom is 0.393 e. The van der Waals surface area contributed by atoms with Gasteiger partial charge in [0.25, 0.3) is 0 Å². The third kappa shape index (κ3) is 3.49. The van der Waals surface area contributed by atoms with Crippen LogP contribution in [0, 0.1) is 5.92 Å². The summed E-state index contributed by atoms with van der Waals surface area (Å²) in [6.07, 6.45) is -3.00. The standard InChI is InChI=1S/C11H13BrF3N3O2S/c12-8-4-9(10(16)17-5-8)21(19,20)18-3-1-2-7(6-18)11(13,14)15/h4-5,7H,1-3,6H2,(H2,16,17). The Labute approximate surface area is 128 Å². The molecule has 1 aliphatic heterocycles. The highest BCUT2D eigenvalue weighted by atomic mass is 79.9. The van der Waals surface area contributed by atoms with Crippen LogP contribution >= 0.6 is 15.9 Å². The van der Waals surface area contributed by atoms with Gasteiger partial charge in [0.2, 0.25) is 10.0 Å². The number of nitrogens with two attached hydrogens (primary N) is 1. The van der Waals surface area contributed by atoms with Crippen molar-refractivity contribution in [3.05, 3.63) is 16.7 Å². The van der Waals surface area contributed by atoms with Crippen molar-refractivity contribution >= 4 is 31.8 Å². The summed E-state index contributed by atoms with van der Waals surface area (Å²) >= 11 is 3.08. The quantitative estimate of drug-likeness (QED) is 0.844. The second-order valence-electron chi connectivity index (χ2n) is 4.78. The Bertz CT molecular complexity index is 636. The van der Waals surface area contributed by atoms with Crippen LogP contribution in [0.4, 0.5) is 19.0 Å². The van der Waals surface area contributed by atoms with E-state index >= 15 is 0 Å². The summed E-state index contributed by atoms with van der Waals surface area (Å²) < 4.78 is 64.5. The lowest BCUT2D eigenvalue weighted by Gasteiger charge is -2.33. The summed E-state index contributed by atoms with van der Waals surface area (Å²) in [7, 11) is -4.09. The van der Waals surface area contributed by atoms with E-state index in [-0.39, 0.29) is 30.1 Å². The number of aromatic nitrogens is 1. The number of halogens is 4. The van der Waals surface area contributed by atoms with Crippen molar-refractivity contribution in [1.29, 1.82) is 0 Å². The van der Waals surface area contributed by atoms with Gasteiger partial charge in [0, 0.05) is 23.8 Å². The van der Waals surface area contributed by atoms with Gasteiger partial charge in [-0.05, 0) is 34.8 Å². The van der Waals surface area contributed by atoms with Crippen molar-refractivity contribution in [2.24, 2.45) is 5.92 Å². The molecule has 21 heavy (non-hydrogen) atoms. The summed E-state index contributed by atoms with van der Waals surface area (Å²) in [6, 6.07) is 1.24. The van der Waals surface area contributed by atoms with E-state index in [1.165, 1.54) is 12.3 Å². The first-order valence-corrected chi connectivity index (χ1v) is 8.33. The lowest BCUT2D eigenvalue weighted by Crippen LogP contribution is -2.44. The van der Waals surface area contributed by atoms with Crippen LogP contribution < -0.4 is 5.73 Å². The molecule has 2 heterocycles. The van der Waals surface area contributed by atoms with Crippen molar-refractivity contribution in [2.75, 3.05) is 18.8 Å². The lowest BCUT2D eigenvalue weighted by molar-refractivity contribution is -0.182. The smallest absolute Gasteiger partial charge is 0.383 e. The molecular formula is C11H13BrF3N3O2S. The molecule has 1 fully saturated rings. The number of nitrogen functional groups attached to an aromatic ring is 1. The molecule has 2 rings (SSSR count). The normalized spacial score (nSPS) is 21.4. The molecule has 10 heteroatoms. The van der Waals surface area contributed by atoms with Gasteiger partial charge in [-0.25, -0.2) is 13.4 Å². The molecular weight excluding hydrogens is 375 g/mol. The van der Waals surface area contributed by atoms with Gasteiger partial charge in [-0.1, -0.05) is 0 Å². The van der Waals surface area contributed by atoms with Crippen molar-refractivity contribution in [3.8, 4) is 0 Å². The molecule has 0 radical (unpaired) electrons. The molecule has 1 unspecified atom stereocenters. The largest absolute Gasteiger partial charge is 0.393 e. The molecule has 118 valence electrons. The molecule has 1 aromatic heterocycles. The van der Waals surface area contributed by atoms with Gasteiger partial charge in [-0.15, -0.1) is 0 Å². The summed E-state index contributed by atoms with van der Waals surface area (Å²) in [5.74, 6) is -1.88. The number of nitrogens with zero attached hydrogens (tertiary/aromatic N) is 2. The van der Waals surface area contributed by atoms with E-state index in [1.807, 2.05) is 0 Å². The second-order valence-corrected chi connectivity index (χ2v) is 7.60. The van der Waals surface area contributed by atoms with E-state index in [4.69, 9.17) is 5.73 Å². The second kappa shape index (κ2) is 5.73. The monoisotopic (exact) mass is 387 g/mol. The third-order valence-corrected chi connectivity index (χ3v) is 5.64. The minimum Gasteiger partial charge on any atom is -0.383 e. The number of sulfonamides is 1. The molecule has 2 N–H and O–H groups in total. The predicted octanol–water partition coefficient (Wildman–Crippen LogP) is 2.39. The van der Waals surface area contributed by atoms with Crippen molar-refractivity contribution in [2.45, 2.75) is 23.9 Å². The number of piperidine rings is 1. The Morgan fingerprint density at radius 2 is 2.10 bits per heavy atom. The zero-order valence-corrected chi connectivity index (χ0v) is 13.2. The van der Waals surface area contributed by atoms with Crippen LogP contribution in [0.15, 0.2) is 21.6 Å². The van der Waals surface area contributed by atoms with Crippen LogP contribution in [0.1, 0.15) is 12.8 Å². The molecule has 0 saturated carbocycles. The number of pyridine rings is 1. The molecule has 0 aromatic carbocycles. The van der Waals surface area contributed by atoms with Crippen LogP contribution in [0.3, 0.4) is 0 Å². The number of hydrogen-bond acceptors (Lipinski definition) is 4. The average molecular weight is 388 g/mol. The van der Waals surface area contributed by atoms with E-state index in [0.29, 0.717) is 4.47 Å². The van der Waals surface area contributed by atoms with E-state index in [9.17, 15) is 21.6 Å². The zero-order chi connectivity index (χ0) is 15.8. The molecule has 0 spiro atoms. The fourth-order valence-electron chi connectivity index (χ4n) is 2.20. The number of rotatable bonds is 2. The first-order chi connectivity index (χ1) is 9.62. The molecule has 1 aliphatic rings. The highest BCUT2D eigenvalue weighted by Crippen LogP contribution is 2.35. The highest BCUT2D eigenvalue weighted by Gasteiger charge is 2.44. The van der Waals surface area contributed by atoms with Crippen LogP contribution in [0.25, 0.3) is 0 Å². The molecule has 0 amide bonds. The van der Waals surface area contributed by atoms with Crippen LogP contribution in [-0.2, 0) is 10.0 Å². The fraction of sp³-hybridized carbons (Fsp3) is 0.545. The molecule has 1 aromatic rings. The first-order valence-electron chi connectivity index (χ1n) is 6.10. The van der Waals surface area contributed by atoms with Crippen LogP contribution in [-0.4, -0.2) is 37.0 Å². The summed E-state index contributed by atoms with van der Waals surface area (Å²) in [6.45, 7) is -0.543. The molecule has 0 bridgehead atoms. The summed E-state index contributed by atoms with van der Waals surface area (Å²) in [5.41, 5.74) is 5.54. The summed E-state index contributed by atoms with van der Waals surface area (Å²) in [4.78, 5) is 3.43. The van der Waals surface area contributed by atoms with Crippen LogP contribution in [0.2, 0.25) is 0 Å². The minimum atomic E-state index is -4.41. The molecule has 0 aliphatic carbocycles. The highest BCUT2D eigenvalue weighted by molar-refractivity contribution is 9.10. The van der Waals surface area contributed by atoms with Crippen molar-refractivity contribution in [3.63, 3.8) is 0 Å². The van der Waals surface area contributed by atoms with E-state index in [0.717, 1.165) is 4.31 Å². The minimum absolute atomic E-state index is 0.0425. The van der Waals surface area contributed by atoms with E-state index in [1.54, 1.807) is 0 Å². The average Bonchev–Trinajstić information content (AvgIpc) is 2.40. The summed E-state index contributed by atoms with van der Waals surface area (Å²) in [5, 5.41) is 0. The van der Waals surface area contributed by atoms with Gasteiger partial charge in [-0.2, -0.15) is 17.5 Å². The lowest BCUT2D eigenvalue weighted by atomic mass is 9.99. The predicted molar refractivity (Wildman–Crippen MR) is 73.9 cm³/mol. The molecule has 1 atom stereocenters. The topological polar surface area (TPSA) is 76.3 Å². The van der Waals surface area contributed by atoms with Gasteiger partial charge in [0.15, 0.2) is 0 Å². The van der Waals surface area contributed by atoms with Gasteiger partial charge in [0.05, 0.1) is 5.92 Å². The van der Waals surface area contributed by atoms with Crippen molar-refractivity contribution < 1.29 is 21.6 Å². The number of anilines is 1.